The largest absolute Gasteiger partial charge is 0.479 e. The molecule has 92 valence electrons. The number of carbonyl (C=O) groups excluding carboxylic acids is 1. The summed E-state index contributed by atoms with van der Waals surface area (Å²) in [4.78, 5) is 22.2. The summed E-state index contributed by atoms with van der Waals surface area (Å²) in [7, 11) is 1.56. The smallest absolute Gasteiger partial charge is 0.332 e. The molecule has 1 heterocycles. The Morgan fingerprint density at radius 3 is 2.62 bits per heavy atom. The van der Waals surface area contributed by atoms with Gasteiger partial charge in [0, 0.05) is 13.7 Å². The number of carboxylic acid groups (broad SMARTS) is 1. The second-order valence-corrected chi connectivity index (χ2v) is 3.82. The van der Waals surface area contributed by atoms with Crippen LogP contribution in [0.5, 0.6) is 0 Å². The van der Waals surface area contributed by atoms with Crippen LogP contribution in [0.4, 0.5) is 0 Å². The van der Waals surface area contributed by atoms with Crippen molar-refractivity contribution in [1.82, 2.24) is 5.32 Å². The minimum absolute atomic E-state index is 0.0689. The maximum atomic E-state index is 11.5. The maximum Gasteiger partial charge on any atom is 0.332 e. The van der Waals surface area contributed by atoms with Gasteiger partial charge in [0.15, 0.2) is 6.10 Å². The molecule has 0 aromatic heterocycles. The van der Waals surface area contributed by atoms with E-state index in [2.05, 4.69) is 5.32 Å². The van der Waals surface area contributed by atoms with Gasteiger partial charge in [0.25, 0.3) is 0 Å². The second-order valence-electron chi connectivity index (χ2n) is 3.82. The lowest BCUT2D eigenvalue weighted by molar-refractivity contribution is -0.151. The number of carbonyl (C=O) groups is 2. The highest BCUT2D eigenvalue weighted by atomic mass is 16.5. The van der Waals surface area contributed by atoms with Crippen LogP contribution in [-0.2, 0) is 19.1 Å². The molecular formula is C10H17NO5. The SMILES string of the molecule is COC(C)CNC(=O)C1CCC(C(=O)O)O1. The molecule has 16 heavy (non-hydrogen) atoms. The van der Waals surface area contributed by atoms with Crippen molar-refractivity contribution < 1.29 is 24.2 Å². The second kappa shape index (κ2) is 5.81. The van der Waals surface area contributed by atoms with Crippen molar-refractivity contribution >= 4 is 11.9 Å². The van der Waals surface area contributed by atoms with E-state index in [1.807, 2.05) is 6.92 Å². The van der Waals surface area contributed by atoms with Crippen LogP contribution in [0.1, 0.15) is 19.8 Å². The Morgan fingerprint density at radius 1 is 1.50 bits per heavy atom. The zero-order valence-electron chi connectivity index (χ0n) is 9.43. The van der Waals surface area contributed by atoms with Gasteiger partial charge in [-0.3, -0.25) is 4.79 Å². The molecule has 0 radical (unpaired) electrons. The van der Waals surface area contributed by atoms with E-state index in [0.29, 0.717) is 19.4 Å². The van der Waals surface area contributed by atoms with E-state index < -0.39 is 18.2 Å². The number of hydrogen-bond donors (Lipinski definition) is 2. The van der Waals surface area contributed by atoms with E-state index in [-0.39, 0.29) is 12.0 Å². The van der Waals surface area contributed by atoms with Crippen LogP contribution in [0, 0.1) is 0 Å². The fourth-order valence-corrected chi connectivity index (χ4v) is 1.45. The van der Waals surface area contributed by atoms with Crippen LogP contribution in [0.25, 0.3) is 0 Å². The summed E-state index contributed by atoms with van der Waals surface area (Å²) in [5.41, 5.74) is 0. The van der Waals surface area contributed by atoms with Crippen LogP contribution in [-0.4, -0.2) is 48.9 Å². The van der Waals surface area contributed by atoms with Crippen molar-refractivity contribution in [3.63, 3.8) is 0 Å². The highest BCUT2D eigenvalue weighted by molar-refractivity contribution is 5.82. The van der Waals surface area contributed by atoms with Gasteiger partial charge in [-0.05, 0) is 19.8 Å². The Morgan fingerprint density at radius 2 is 2.12 bits per heavy atom. The van der Waals surface area contributed by atoms with Crippen molar-refractivity contribution in [1.29, 1.82) is 0 Å². The van der Waals surface area contributed by atoms with Gasteiger partial charge in [0.2, 0.25) is 5.91 Å². The van der Waals surface area contributed by atoms with Gasteiger partial charge in [-0.15, -0.1) is 0 Å². The van der Waals surface area contributed by atoms with E-state index in [9.17, 15) is 9.59 Å². The maximum absolute atomic E-state index is 11.5. The van der Waals surface area contributed by atoms with Gasteiger partial charge < -0.3 is 19.9 Å². The molecule has 0 aliphatic carbocycles. The monoisotopic (exact) mass is 231 g/mol. The number of amides is 1. The number of rotatable bonds is 5. The van der Waals surface area contributed by atoms with Crippen LogP contribution >= 0.6 is 0 Å². The third kappa shape index (κ3) is 3.46. The molecule has 1 aliphatic heterocycles. The Kier molecular flexibility index (Phi) is 4.70. The Bertz CT molecular complexity index is 268. The molecule has 0 bridgehead atoms. The van der Waals surface area contributed by atoms with Gasteiger partial charge in [-0.2, -0.15) is 0 Å². The Labute approximate surface area is 93.9 Å². The molecule has 1 aliphatic rings. The fourth-order valence-electron chi connectivity index (χ4n) is 1.45. The molecule has 3 atom stereocenters. The zero-order valence-corrected chi connectivity index (χ0v) is 9.43. The number of aliphatic carboxylic acids is 1. The number of methoxy groups -OCH3 is 1. The third-order valence-electron chi connectivity index (χ3n) is 2.55. The number of ether oxygens (including phenoxy) is 2. The molecule has 1 rings (SSSR count). The Hall–Kier alpha value is -1.14. The normalized spacial score (nSPS) is 26.4. The molecule has 6 nitrogen and oxygen atoms in total. The summed E-state index contributed by atoms with van der Waals surface area (Å²) in [5.74, 6) is -1.28. The summed E-state index contributed by atoms with van der Waals surface area (Å²) in [6.45, 7) is 2.22. The first kappa shape index (κ1) is 12.9. The van der Waals surface area contributed by atoms with Crippen molar-refractivity contribution in [2.75, 3.05) is 13.7 Å². The van der Waals surface area contributed by atoms with Crippen LogP contribution in [0.3, 0.4) is 0 Å². The summed E-state index contributed by atoms with van der Waals surface area (Å²) >= 11 is 0. The van der Waals surface area contributed by atoms with Gasteiger partial charge in [-0.25, -0.2) is 4.79 Å². The van der Waals surface area contributed by atoms with Crippen molar-refractivity contribution in [3.05, 3.63) is 0 Å². The highest BCUT2D eigenvalue weighted by Crippen LogP contribution is 2.19. The molecule has 2 N–H and O–H groups in total. The van der Waals surface area contributed by atoms with E-state index in [4.69, 9.17) is 14.6 Å². The zero-order chi connectivity index (χ0) is 12.1. The molecule has 0 spiro atoms. The standard InChI is InChI=1S/C10H17NO5/c1-6(15-2)5-11-9(12)7-3-4-8(16-7)10(13)14/h6-8H,3-5H2,1-2H3,(H,11,12)(H,13,14). The average Bonchev–Trinajstić information content (AvgIpc) is 2.74. The average molecular weight is 231 g/mol. The number of carboxylic acids is 1. The van der Waals surface area contributed by atoms with Crippen molar-refractivity contribution in [2.24, 2.45) is 0 Å². The van der Waals surface area contributed by atoms with E-state index in [0.717, 1.165) is 0 Å². The topological polar surface area (TPSA) is 84.9 Å². The van der Waals surface area contributed by atoms with E-state index in [1.54, 1.807) is 7.11 Å². The first-order valence-corrected chi connectivity index (χ1v) is 5.23. The number of hydrogen-bond acceptors (Lipinski definition) is 4. The molecule has 0 aromatic rings. The summed E-state index contributed by atoms with van der Waals surface area (Å²) in [5, 5.41) is 11.3. The molecule has 3 unspecified atom stereocenters. The molecule has 0 saturated carbocycles. The first-order valence-electron chi connectivity index (χ1n) is 5.23. The van der Waals surface area contributed by atoms with Gasteiger partial charge >= 0.3 is 5.97 Å². The molecule has 0 aromatic carbocycles. The fraction of sp³-hybridized carbons (Fsp3) is 0.800. The van der Waals surface area contributed by atoms with Crippen LogP contribution in [0.15, 0.2) is 0 Å². The highest BCUT2D eigenvalue weighted by Gasteiger charge is 2.34. The molecule has 1 saturated heterocycles. The summed E-state index contributed by atoms with van der Waals surface area (Å²) in [6, 6.07) is 0. The van der Waals surface area contributed by atoms with Gasteiger partial charge in [0.05, 0.1) is 6.10 Å². The van der Waals surface area contributed by atoms with Crippen LogP contribution < -0.4 is 5.32 Å². The Balaban J connectivity index is 2.31. The van der Waals surface area contributed by atoms with Crippen molar-refractivity contribution in [3.8, 4) is 0 Å². The summed E-state index contributed by atoms with van der Waals surface area (Å²) in [6.07, 6.45) is -0.737. The minimum atomic E-state index is -1.01. The van der Waals surface area contributed by atoms with Gasteiger partial charge in [-0.1, -0.05) is 0 Å². The minimum Gasteiger partial charge on any atom is -0.479 e. The van der Waals surface area contributed by atoms with Crippen LogP contribution in [0.2, 0.25) is 0 Å². The lowest BCUT2D eigenvalue weighted by Gasteiger charge is -2.14. The van der Waals surface area contributed by atoms with Crippen molar-refractivity contribution in [2.45, 2.75) is 38.1 Å². The predicted octanol–water partition coefficient (Wildman–Crippen LogP) is -0.230. The summed E-state index contributed by atoms with van der Waals surface area (Å²) < 4.78 is 10.1. The van der Waals surface area contributed by atoms with E-state index in [1.165, 1.54) is 0 Å². The molecular weight excluding hydrogens is 214 g/mol. The number of nitrogens with one attached hydrogen (secondary N) is 1. The quantitative estimate of drug-likeness (QED) is 0.682. The predicted molar refractivity (Wildman–Crippen MR) is 55.0 cm³/mol. The first-order chi connectivity index (χ1) is 7.54. The van der Waals surface area contributed by atoms with Gasteiger partial charge in [0.1, 0.15) is 6.10 Å². The third-order valence-corrected chi connectivity index (χ3v) is 2.55. The molecule has 6 heteroatoms. The lowest BCUT2D eigenvalue weighted by atomic mass is 10.2. The molecule has 1 fully saturated rings. The lowest BCUT2D eigenvalue weighted by Crippen LogP contribution is -2.39. The molecule has 1 amide bonds. The van der Waals surface area contributed by atoms with E-state index >= 15 is 0 Å².